The first-order valence-corrected chi connectivity index (χ1v) is 7.69. The van der Waals surface area contributed by atoms with E-state index in [1.165, 1.54) is 0 Å². The highest BCUT2D eigenvalue weighted by atomic mass is 32.1. The number of benzene rings is 1. The lowest BCUT2D eigenvalue weighted by Crippen LogP contribution is -2.17. The topological polar surface area (TPSA) is 54.0 Å². The monoisotopic (exact) mass is 289 g/mol. The fourth-order valence-corrected chi connectivity index (χ4v) is 2.46. The smallest absolute Gasteiger partial charge is 0.224 e. The minimum atomic E-state index is 0.0296. The number of hydrogen-bond acceptors (Lipinski definition) is 4. The molecule has 2 rings (SSSR count). The number of anilines is 1. The first-order valence-electron chi connectivity index (χ1n) is 6.75. The molecule has 5 heteroatoms. The average molecular weight is 289 g/mol. The summed E-state index contributed by atoms with van der Waals surface area (Å²) in [7, 11) is 0. The van der Waals surface area contributed by atoms with Gasteiger partial charge in [0.25, 0.3) is 0 Å². The van der Waals surface area contributed by atoms with Crippen LogP contribution in [-0.2, 0) is 17.8 Å². The van der Waals surface area contributed by atoms with E-state index < -0.39 is 0 Å². The van der Waals surface area contributed by atoms with Gasteiger partial charge in [0.1, 0.15) is 0 Å². The van der Waals surface area contributed by atoms with Gasteiger partial charge in [-0.2, -0.15) is 0 Å². The summed E-state index contributed by atoms with van der Waals surface area (Å²) in [6.45, 7) is 3.74. The number of hydrogen-bond donors (Lipinski definition) is 2. The highest BCUT2D eigenvalue weighted by molar-refractivity contribution is 7.07. The highest BCUT2D eigenvalue weighted by Crippen LogP contribution is 2.15. The second-order valence-corrected chi connectivity index (χ2v) is 5.18. The molecule has 0 atom stereocenters. The molecule has 0 aliphatic carbocycles. The van der Waals surface area contributed by atoms with Gasteiger partial charge in [-0.1, -0.05) is 25.1 Å². The molecule has 1 heterocycles. The summed E-state index contributed by atoms with van der Waals surface area (Å²) in [4.78, 5) is 16.2. The van der Waals surface area contributed by atoms with E-state index in [-0.39, 0.29) is 5.91 Å². The van der Waals surface area contributed by atoms with Crippen LogP contribution in [0.1, 0.15) is 24.6 Å². The maximum Gasteiger partial charge on any atom is 0.224 e. The lowest BCUT2D eigenvalue weighted by Gasteiger charge is -2.11. The standard InChI is InChI=1S/C15H19N3OS/c1-2-16-9-12-5-3-4-6-14(12)18-15(19)8-7-13-10-20-11-17-13/h3-6,10-11,16H,2,7-9H2,1H3,(H,18,19). The molecule has 0 saturated carbocycles. The van der Waals surface area contributed by atoms with Crippen molar-refractivity contribution in [3.63, 3.8) is 0 Å². The van der Waals surface area contributed by atoms with E-state index in [4.69, 9.17) is 0 Å². The summed E-state index contributed by atoms with van der Waals surface area (Å²) in [5.74, 6) is 0.0296. The van der Waals surface area contributed by atoms with Crippen LogP contribution in [0.2, 0.25) is 0 Å². The van der Waals surface area contributed by atoms with Crippen molar-refractivity contribution >= 4 is 22.9 Å². The molecule has 1 aromatic carbocycles. The molecule has 1 amide bonds. The zero-order valence-electron chi connectivity index (χ0n) is 11.6. The van der Waals surface area contributed by atoms with E-state index in [1.54, 1.807) is 16.8 Å². The molecule has 2 aromatic rings. The molecule has 20 heavy (non-hydrogen) atoms. The molecule has 0 unspecified atom stereocenters. The van der Waals surface area contributed by atoms with E-state index in [0.717, 1.165) is 30.0 Å². The van der Waals surface area contributed by atoms with Gasteiger partial charge < -0.3 is 10.6 Å². The maximum absolute atomic E-state index is 12.0. The Balaban J connectivity index is 1.90. The predicted octanol–water partition coefficient (Wildman–Crippen LogP) is 2.82. The lowest BCUT2D eigenvalue weighted by molar-refractivity contribution is -0.116. The zero-order chi connectivity index (χ0) is 14.2. The molecule has 0 bridgehead atoms. The summed E-state index contributed by atoms with van der Waals surface area (Å²) in [6.07, 6.45) is 1.14. The fraction of sp³-hybridized carbons (Fsp3) is 0.333. The number of rotatable bonds is 7. The quantitative estimate of drug-likeness (QED) is 0.824. The van der Waals surface area contributed by atoms with Crippen LogP contribution in [0.25, 0.3) is 0 Å². The highest BCUT2D eigenvalue weighted by Gasteiger charge is 2.07. The molecule has 2 N–H and O–H groups in total. The Morgan fingerprint density at radius 3 is 2.95 bits per heavy atom. The Kier molecular flexibility index (Phi) is 5.70. The molecule has 0 radical (unpaired) electrons. The second kappa shape index (κ2) is 7.77. The van der Waals surface area contributed by atoms with Gasteiger partial charge in [-0.05, 0) is 24.6 Å². The maximum atomic E-state index is 12.0. The van der Waals surface area contributed by atoms with Crippen LogP contribution in [0.3, 0.4) is 0 Å². The zero-order valence-corrected chi connectivity index (χ0v) is 12.4. The SMILES string of the molecule is CCNCc1ccccc1NC(=O)CCc1cscn1. The molecule has 106 valence electrons. The van der Waals surface area contributed by atoms with Gasteiger partial charge in [0.15, 0.2) is 0 Å². The normalized spacial score (nSPS) is 10.4. The van der Waals surface area contributed by atoms with Crippen LogP contribution in [0.5, 0.6) is 0 Å². The Labute approximate surface area is 123 Å². The van der Waals surface area contributed by atoms with Crippen molar-refractivity contribution in [1.29, 1.82) is 0 Å². The lowest BCUT2D eigenvalue weighted by atomic mass is 10.1. The summed E-state index contributed by atoms with van der Waals surface area (Å²) >= 11 is 1.56. The van der Waals surface area contributed by atoms with Crippen molar-refractivity contribution in [2.45, 2.75) is 26.3 Å². The molecular weight excluding hydrogens is 270 g/mol. The van der Waals surface area contributed by atoms with E-state index in [0.29, 0.717) is 12.8 Å². The van der Waals surface area contributed by atoms with Crippen LogP contribution in [0, 0.1) is 0 Å². The van der Waals surface area contributed by atoms with Crippen LogP contribution in [-0.4, -0.2) is 17.4 Å². The molecule has 1 aromatic heterocycles. The van der Waals surface area contributed by atoms with Gasteiger partial charge >= 0.3 is 0 Å². The van der Waals surface area contributed by atoms with Gasteiger partial charge in [-0.15, -0.1) is 11.3 Å². The Morgan fingerprint density at radius 1 is 1.35 bits per heavy atom. The van der Waals surface area contributed by atoms with Crippen molar-refractivity contribution < 1.29 is 4.79 Å². The summed E-state index contributed by atoms with van der Waals surface area (Å²) in [5.41, 5.74) is 4.76. The molecule has 0 spiro atoms. The first kappa shape index (κ1) is 14.7. The van der Waals surface area contributed by atoms with Crippen LogP contribution in [0.15, 0.2) is 35.2 Å². The Hall–Kier alpha value is -1.72. The molecule has 0 aliphatic rings. The van der Waals surface area contributed by atoms with Gasteiger partial charge in [0, 0.05) is 24.0 Å². The number of aromatic nitrogens is 1. The molecule has 4 nitrogen and oxygen atoms in total. The van der Waals surface area contributed by atoms with E-state index in [9.17, 15) is 4.79 Å². The number of carbonyl (C=O) groups excluding carboxylic acids is 1. The number of para-hydroxylation sites is 1. The van der Waals surface area contributed by atoms with Crippen LogP contribution < -0.4 is 10.6 Å². The number of carbonyl (C=O) groups is 1. The minimum absolute atomic E-state index is 0.0296. The third-order valence-corrected chi connectivity index (χ3v) is 3.58. The number of nitrogens with one attached hydrogen (secondary N) is 2. The Bertz CT molecular complexity index is 540. The summed E-state index contributed by atoms with van der Waals surface area (Å²) in [6, 6.07) is 7.88. The first-order chi connectivity index (χ1) is 9.79. The summed E-state index contributed by atoms with van der Waals surface area (Å²) in [5, 5.41) is 8.23. The number of amides is 1. The minimum Gasteiger partial charge on any atom is -0.326 e. The number of aryl methyl sites for hydroxylation is 1. The molecule has 0 saturated heterocycles. The van der Waals surface area contributed by atoms with Crippen LogP contribution >= 0.6 is 11.3 Å². The van der Waals surface area contributed by atoms with Gasteiger partial charge in [0.05, 0.1) is 11.2 Å². The summed E-state index contributed by atoms with van der Waals surface area (Å²) < 4.78 is 0. The fourth-order valence-electron chi connectivity index (χ4n) is 1.87. The molecule has 0 aliphatic heterocycles. The van der Waals surface area contributed by atoms with Gasteiger partial charge in [-0.3, -0.25) is 4.79 Å². The van der Waals surface area contributed by atoms with Gasteiger partial charge in [-0.25, -0.2) is 4.98 Å². The van der Waals surface area contributed by atoms with Crippen molar-refractivity contribution in [2.75, 3.05) is 11.9 Å². The van der Waals surface area contributed by atoms with E-state index >= 15 is 0 Å². The predicted molar refractivity (Wildman–Crippen MR) is 82.9 cm³/mol. The number of nitrogens with zero attached hydrogens (tertiary/aromatic N) is 1. The average Bonchev–Trinajstić information content (AvgIpc) is 2.97. The second-order valence-electron chi connectivity index (χ2n) is 4.47. The molecule has 0 fully saturated rings. The van der Waals surface area contributed by atoms with Crippen molar-refractivity contribution in [3.8, 4) is 0 Å². The van der Waals surface area contributed by atoms with Gasteiger partial charge in [0.2, 0.25) is 5.91 Å². The largest absolute Gasteiger partial charge is 0.326 e. The van der Waals surface area contributed by atoms with Crippen molar-refractivity contribution in [1.82, 2.24) is 10.3 Å². The number of thiazole rings is 1. The Morgan fingerprint density at radius 2 is 2.20 bits per heavy atom. The third-order valence-electron chi connectivity index (χ3n) is 2.95. The molecular formula is C15H19N3OS. The third kappa shape index (κ3) is 4.43. The van der Waals surface area contributed by atoms with Crippen molar-refractivity contribution in [3.05, 3.63) is 46.4 Å². The van der Waals surface area contributed by atoms with Crippen molar-refractivity contribution in [2.24, 2.45) is 0 Å². The van der Waals surface area contributed by atoms with E-state index in [1.807, 2.05) is 29.6 Å². The van der Waals surface area contributed by atoms with E-state index in [2.05, 4.69) is 22.5 Å². The van der Waals surface area contributed by atoms with Crippen LogP contribution in [0.4, 0.5) is 5.69 Å².